The van der Waals surface area contributed by atoms with Crippen LogP contribution in [-0.4, -0.2) is 47.0 Å². The number of halogens is 1. The van der Waals surface area contributed by atoms with E-state index in [0.29, 0.717) is 43.0 Å². The fraction of sp³-hybridized carbons (Fsp3) is 0.304. The molecule has 31 heavy (non-hydrogen) atoms. The number of ether oxygens (including phenoxy) is 1. The Kier molecular flexibility index (Phi) is 7.38. The van der Waals surface area contributed by atoms with Crippen LogP contribution in [0.3, 0.4) is 0 Å². The van der Waals surface area contributed by atoms with Crippen LogP contribution in [-0.2, 0) is 6.42 Å². The van der Waals surface area contributed by atoms with Gasteiger partial charge in [-0.3, -0.25) is 4.99 Å². The van der Waals surface area contributed by atoms with Crippen LogP contribution in [0.25, 0.3) is 16.8 Å². The zero-order valence-electron chi connectivity index (χ0n) is 17.8. The highest BCUT2D eigenvalue weighted by Gasteiger charge is 2.13. The van der Waals surface area contributed by atoms with E-state index in [-0.39, 0.29) is 12.4 Å². The first-order valence-electron chi connectivity index (χ1n) is 10.1. The monoisotopic (exact) mass is 425 g/mol. The Labute approximate surface area is 180 Å². The molecular formula is C23H28FN5O2. The van der Waals surface area contributed by atoms with Crippen molar-refractivity contribution in [1.82, 2.24) is 9.38 Å². The van der Waals surface area contributed by atoms with Gasteiger partial charge in [0.2, 0.25) is 0 Å². The summed E-state index contributed by atoms with van der Waals surface area (Å²) in [7, 11) is 1.67. The van der Waals surface area contributed by atoms with Crippen LogP contribution in [0.2, 0.25) is 0 Å². The van der Waals surface area contributed by atoms with Crippen molar-refractivity contribution in [2.75, 3.05) is 26.8 Å². The van der Waals surface area contributed by atoms with Gasteiger partial charge in [-0.05, 0) is 49.4 Å². The van der Waals surface area contributed by atoms with Gasteiger partial charge in [-0.15, -0.1) is 0 Å². The van der Waals surface area contributed by atoms with Crippen LogP contribution in [0, 0.1) is 5.82 Å². The van der Waals surface area contributed by atoms with E-state index in [2.05, 4.69) is 9.98 Å². The molecule has 0 saturated heterocycles. The minimum atomic E-state index is -0.352. The summed E-state index contributed by atoms with van der Waals surface area (Å²) in [5, 5.41) is 9.38. The number of hydrogen-bond acceptors (Lipinski definition) is 6. The van der Waals surface area contributed by atoms with Crippen LogP contribution < -0.4 is 16.2 Å². The number of imidazole rings is 1. The van der Waals surface area contributed by atoms with Gasteiger partial charge in [-0.1, -0.05) is 0 Å². The number of nitrogens with two attached hydrogens (primary N) is 2. The third kappa shape index (κ3) is 5.10. The Hall–Kier alpha value is -3.23. The van der Waals surface area contributed by atoms with E-state index in [1.165, 1.54) is 12.1 Å². The van der Waals surface area contributed by atoms with E-state index in [1.54, 1.807) is 19.3 Å². The molecule has 0 amide bonds. The van der Waals surface area contributed by atoms with Crippen molar-refractivity contribution in [2.45, 2.75) is 19.8 Å². The van der Waals surface area contributed by atoms with Crippen LogP contribution in [0.4, 0.5) is 4.39 Å². The quantitative estimate of drug-likeness (QED) is 0.457. The predicted molar refractivity (Wildman–Crippen MR) is 121 cm³/mol. The number of pyridine rings is 1. The Balaban J connectivity index is 1.89. The van der Waals surface area contributed by atoms with E-state index in [4.69, 9.17) is 16.2 Å². The molecule has 0 radical (unpaired) electrons. The second-order valence-corrected chi connectivity index (χ2v) is 7.14. The lowest BCUT2D eigenvalue weighted by Crippen LogP contribution is -2.15. The van der Waals surface area contributed by atoms with Crippen molar-refractivity contribution >= 4 is 11.4 Å². The smallest absolute Gasteiger partial charge is 0.136 e. The molecule has 0 unspecified atom stereocenters. The fourth-order valence-corrected chi connectivity index (χ4v) is 3.44. The summed E-state index contributed by atoms with van der Waals surface area (Å²) in [6.45, 7) is 2.40. The molecule has 0 aliphatic carbocycles. The summed E-state index contributed by atoms with van der Waals surface area (Å²) in [4.78, 5) is 8.54. The average molecular weight is 426 g/mol. The minimum Gasteiger partial charge on any atom is -0.493 e. The van der Waals surface area contributed by atoms with Crippen molar-refractivity contribution in [1.29, 1.82) is 0 Å². The van der Waals surface area contributed by atoms with E-state index >= 15 is 0 Å². The zero-order chi connectivity index (χ0) is 22.4. The molecule has 0 fully saturated rings. The lowest BCUT2D eigenvalue weighted by Gasteiger charge is -2.15. The summed E-state index contributed by atoms with van der Waals surface area (Å²) in [5.41, 5.74) is 16.7. The molecule has 8 heteroatoms. The molecule has 0 spiro atoms. The van der Waals surface area contributed by atoms with Gasteiger partial charge in [0.05, 0.1) is 13.2 Å². The second-order valence-electron chi connectivity index (χ2n) is 7.14. The van der Waals surface area contributed by atoms with Gasteiger partial charge in [0.25, 0.3) is 0 Å². The molecule has 0 atom stereocenters. The number of hydrogen-bond donors (Lipinski definition) is 3. The standard InChI is InChI=1S/C23H28FN5O2/c1-15(27-2)19(21(26)14-30)8-10-31-22-5-4-17(24)11-20(22)16-3-6-23-28-12-18(7-9-25)29(23)13-16/h3-6,11-13,30H,7-10,14,25-26H2,1-2H3/b21-19-,27-15?. The van der Waals surface area contributed by atoms with Gasteiger partial charge < -0.3 is 25.7 Å². The Morgan fingerprint density at radius 2 is 2.10 bits per heavy atom. The van der Waals surface area contributed by atoms with Gasteiger partial charge >= 0.3 is 0 Å². The molecule has 3 aromatic rings. The molecule has 7 nitrogen and oxygen atoms in total. The number of fused-ring (bicyclic) bond motifs is 1. The highest BCUT2D eigenvalue weighted by molar-refractivity contribution is 5.98. The van der Waals surface area contributed by atoms with Crippen LogP contribution >= 0.6 is 0 Å². The SMILES string of the molecule is CN=C(C)/C(CCOc1ccc(F)cc1-c1ccc2ncc(CCN)n2c1)=C(\N)CO. The molecular weight excluding hydrogens is 397 g/mol. The summed E-state index contributed by atoms with van der Waals surface area (Å²) >= 11 is 0. The Bertz CT molecular complexity index is 1120. The van der Waals surface area contributed by atoms with Gasteiger partial charge in [0, 0.05) is 60.5 Å². The Morgan fingerprint density at radius 1 is 1.29 bits per heavy atom. The van der Waals surface area contributed by atoms with Crippen molar-refractivity contribution < 1.29 is 14.2 Å². The first-order valence-corrected chi connectivity index (χ1v) is 10.1. The first-order chi connectivity index (χ1) is 15.0. The Morgan fingerprint density at radius 3 is 2.81 bits per heavy atom. The topological polar surface area (TPSA) is 111 Å². The number of aliphatic hydroxyl groups excluding tert-OH is 1. The average Bonchev–Trinajstić information content (AvgIpc) is 3.19. The van der Waals surface area contributed by atoms with Crippen molar-refractivity contribution in [2.24, 2.45) is 16.5 Å². The zero-order valence-corrected chi connectivity index (χ0v) is 17.8. The maximum absolute atomic E-state index is 14.1. The molecule has 3 rings (SSSR count). The molecule has 0 aliphatic heterocycles. The fourth-order valence-electron chi connectivity index (χ4n) is 3.44. The molecule has 2 aromatic heterocycles. The number of aromatic nitrogens is 2. The molecule has 5 N–H and O–H groups in total. The van der Waals surface area contributed by atoms with Crippen molar-refractivity contribution in [3.05, 3.63) is 65.5 Å². The lowest BCUT2D eigenvalue weighted by atomic mass is 10.1. The largest absolute Gasteiger partial charge is 0.493 e. The van der Waals surface area contributed by atoms with Crippen LogP contribution in [0.5, 0.6) is 5.75 Å². The summed E-state index contributed by atoms with van der Waals surface area (Å²) in [5.74, 6) is 0.198. The third-order valence-corrected chi connectivity index (χ3v) is 5.18. The molecule has 2 heterocycles. The van der Waals surface area contributed by atoms with Crippen LogP contribution in [0.1, 0.15) is 19.0 Å². The normalized spacial score (nSPS) is 12.9. The van der Waals surface area contributed by atoms with Gasteiger partial charge in [0.15, 0.2) is 0 Å². The van der Waals surface area contributed by atoms with Crippen LogP contribution in [0.15, 0.2) is 59.0 Å². The van der Waals surface area contributed by atoms with Gasteiger partial charge in [-0.2, -0.15) is 0 Å². The van der Waals surface area contributed by atoms with E-state index in [0.717, 1.165) is 28.2 Å². The summed E-state index contributed by atoms with van der Waals surface area (Å²) in [6.07, 6.45) is 4.87. The predicted octanol–water partition coefficient (Wildman–Crippen LogP) is 2.71. The highest BCUT2D eigenvalue weighted by Crippen LogP contribution is 2.31. The third-order valence-electron chi connectivity index (χ3n) is 5.18. The maximum Gasteiger partial charge on any atom is 0.136 e. The molecule has 164 valence electrons. The summed E-state index contributed by atoms with van der Waals surface area (Å²) < 4.78 is 22.0. The molecule has 0 bridgehead atoms. The van der Waals surface area contributed by atoms with Gasteiger partial charge in [-0.25, -0.2) is 9.37 Å². The molecule has 1 aromatic carbocycles. The van der Waals surface area contributed by atoms with Crippen molar-refractivity contribution in [3.8, 4) is 16.9 Å². The van der Waals surface area contributed by atoms with Crippen molar-refractivity contribution in [3.63, 3.8) is 0 Å². The lowest BCUT2D eigenvalue weighted by molar-refractivity contribution is 0.316. The number of aliphatic imine (C=N–C) groups is 1. The molecule has 0 aliphatic rings. The van der Waals surface area contributed by atoms with Gasteiger partial charge in [0.1, 0.15) is 17.2 Å². The van der Waals surface area contributed by atoms with E-state index in [9.17, 15) is 9.50 Å². The number of nitrogens with zero attached hydrogens (tertiary/aromatic N) is 3. The maximum atomic E-state index is 14.1. The number of aliphatic hydroxyl groups is 1. The summed E-state index contributed by atoms with van der Waals surface area (Å²) in [6, 6.07) is 8.20. The highest BCUT2D eigenvalue weighted by atomic mass is 19.1. The first kappa shape index (κ1) is 22.5. The van der Waals surface area contributed by atoms with E-state index in [1.807, 2.05) is 29.7 Å². The second kappa shape index (κ2) is 10.2. The molecule has 0 saturated carbocycles. The number of benzene rings is 1. The number of rotatable bonds is 9. The van der Waals surface area contributed by atoms with E-state index < -0.39 is 0 Å². The minimum absolute atomic E-state index is 0.250.